The molecule has 1 fully saturated rings. The van der Waals surface area contributed by atoms with E-state index >= 15 is 0 Å². The van der Waals surface area contributed by atoms with E-state index < -0.39 is 24.2 Å². The summed E-state index contributed by atoms with van der Waals surface area (Å²) in [5.74, 6) is 0.881. The number of rotatable bonds is 8. The number of nitrogens with zero attached hydrogens (tertiary/aromatic N) is 6. The highest BCUT2D eigenvalue weighted by Crippen LogP contribution is 2.38. The van der Waals surface area contributed by atoms with Gasteiger partial charge in [0.15, 0.2) is 0 Å². The van der Waals surface area contributed by atoms with Crippen molar-refractivity contribution in [3.8, 4) is 10.6 Å². The second-order valence-electron chi connectivity index (χ2n) is 10.6. The number of thiazole rings is 1. The van der Waals surface area contributed by atoms with E-state index in [9.17, 15) is 15.3 Å². The molecule has 5 N–H and O–H groups in total. The third-order valence-electron chi connectivity index (χ3n) is 7.83. The van der Waals surface area contributed by atoms with Crippen molar-refractivity contribution in [3.63, 3.8) is 0 Å². The minimum Gasteiger partial charge on any atom is -0.396 e. The summed E-state index contributed by atoms with van der Waals surface area (Å²) in [5, 5.41) is 44.7. The lowest BCUT2D eigenvalue weighted by molar-refractivity contribution is 0.00446. The molecule has 6 rings (SSSR count). The van der Waals surface area contributed by atoms with Crippen molar-refractivity contribution in [3.05, 3.63) is 47.6 Å². The van der Waals surface area contributed by atoms with Gasteiger partial charge in [-0.1, -0.05) is 12.2 Å². The number of anilines is 2. The zero-order chi connectivity index (χ0) is 27.8. The molecule has 0 spiro atoms. The second kappa shape index (κ2) is 11.2. The number of aromatic nitrogens is 4. The predicted octanol–water partition coefficient (Wildman–Crippen LogP) is 2.84. The molecule has 0 bridgehead atoms. The number of aliphatic hydroxyl groups is 3. The summed E-state index contributed by atoms with van der Waals surface area (Å²) in [4.78, 5) is 18.8. The van der Waals surface area contributed by atoms with Gasteiger partial charge >= 0.3 is 0 Å². The maximum atomic E-state index is 10.7. The third-order valence-corrected chi connectivity index (χ3v) is 8.87. The van der Waals surface area contributed by atoms with Crippen LogP contribution in [0.3, 0.4) is 0 Å². The lowest BCUT2D eigenvalue weighted by Crippen LogP contribution is -2.35. The summed E-state index contributed by atoms with van der Waals surface area (Å²) in [6.07, 6.45) is 10.5. The van der Waals surface area contributed by atoms with Crippen molar-refractivity contribution in [2.75, 3.05) is 30.3 Å². The molecule has 0 radical (unpaired) electrons. The number of pyridine rings is 1. The Morgan fingerprint density at radius 3 is 2.70 bits per heavy atom. The van der Waals surface area contributed by atoms with E-state index in [0.717, 1.165) is 57.3 Å². The molecule has 1 aliphatic heterocycles. The van der Waals surface area contributed by atoms with Crippen LogP contribution in [-0.4, -0.2) is 84.4 Å². The number of hydrogen-bond donors (Lipinski definition) is 5. The van der Waals surface area contributed by atoms with Crippen molar-refractivity contribution >= 4 is 39.5 Å². The van der Waals surface area contributed by atoms with Crippen molar-refractivity contribution in [2.24, 2.45) is 16.9 Å². The van der Waals surface area contributed by atoms with Gasteiger partial charge in [-0.25, -0.2) is 9.97 Å². The van der Waals surface area contributed by atoms with Crippen LogP contribution in [0.5, 0.6) is 0 Å². The first-order valence-electron chi connectivity index (χ1n) is 13.7. The molecule has 5 atom stereocenters. The van der Waals surface area contributed by atoms with Crippen molar-refractivity contribution in [1.82, 2.24) is 24.9 Å². The lowest BCUT2D eigenvalue weighted by Gasteiger charge is -2.23. The molecular weight excluding hydrogens is 528 g/mol. The molecule has 12 heteroatoms. The average Bonchev–Trinajstić information content (AvgIpc) is 3.70. The molecule has 11 nitrogen and oxygen atoms in total. The quantitative estimate of drug-likeness (QED) is 0.277. The van der Waals surface area contributed by atoms with Gasteiger partial charge in [0, 0.05) is 44.4 Å². The van der Waals surface area contributed by atoms with Gasteiger partial charge in [0.1, 0.15) is 22.4 Å². The van der Waals surface area contributed by atoms with Gasteiger partial charge in [-0.2, -0.15) is 10.1 Å². The minimum atomic E-state index is -1.04. The highest BCUT2D eigenvalue weighted by Gasteiger charge is 2.41. The van der Waals surface area contributed by atoms with Gasteiger partial charge in [-0.3, -0.25) is 9.99 Å². The molecule has 0 amide bonds. The molecule has 210 valence electrons. The number of aliphatic hydroxyl groups excluding tert-OH is 3. The molecule has 2 aliphatic carbocycles. The summed E-state index contributed by atoms with van der Waals surface area (Å²) >= 11 is 1.54. The Balaban J connectivity index is 1.26. The van der Waals surface area contributed by atoms with Gasteiger partial charge in [0.2, 0.25) is 5.95 Å². The van der Waals surface area contributed by atoms with Crippen LogP contribution in [0.1, 0.15) is 30.7 Å². The molecule has 4 heterocycles. The van der Waals surface area contributed by atoms with Gasteiger partial charge < -0.3 is 26.0 Å². The van der Waals surface area contributed by atoms with Crippen molar-refractivity contribution in [2.45, 2.75) is 51.4 Å². The van der Waals surface area contributed by atoms with Gasteiger partial charge in [-0.05, 0) is 44.7 Å². The number of fused-ring (bicyclic) bond motifs is 1. The van der Waals surface area contributed by atoms with E-state index in [2.05, 4.69) is 38.9 Å². The summed E-state index contributed by atoms with van der Waals surface area (Å²) < 4.78 is 1.02. The Labute approximate surface area is 236 Å². The molecule has 1 unspecified atom stereocenters. The first kappa shape index (κ1) is 26.8. The van der Waals surface area contributed by atoms with Crippen LogP contribution in [0.4, 0.5) is 11.8 Å². The molecule has 40 heavy (non-hydrogen) atoms. The summed E-state index contributed by atoms with van der Waals surface area (Å²) in [7, 11) is 0. The number of aryl methyl sites for hydroxylation is 2. The Morgan fingerprint density at radius 2 is 2.00 bits per heavy atom. The van der Waals surface area contributed by atoms with Gasteiger partial charge in [0.25, 0.3) is 0 Å². The van der Waals surface area contributed by atoms with Crippen LogP contribution >= 0.6 is 11.3 Å². The smallest absolute Gasteiger partial charge is 0.224 e. The van der Waals surface area contributed by atoms with Crippen LogP contribution in [-0.2, 0) is 0 Å². The molecule has 3 aromatic rings. The third kappa shape index (κ3) is 5.19. The Kier molecular flexibility index (Phi) is 7.49. The second-order valence-corrected chi connectivity index (χ2v) is 11.6. The summed E-state index contributed by atoms with van der Waals surface area (Å²) in [5.41, 5.74) is 4.30. The van der Waals surface area contributed by atoms with Crippen LogP contribution in [0.15, 0.2) is 41.3 Å². The molecule has 1 saturated carbocycles. The Morgan fingerprint density at radius 1 is 1.12 bits per heavy atom. The molecule has 3 aliphatic rings. The Hall–Kier alpha value is -3.45. The van der Waals surface area contributed by atoms with E-state index in [-0.39, 0.29) is 12.5 Å². The highest BCUT2D eigenvalue weighted by atomic mass is 32.1. The number of nitrogens with one attached hydrogen (secondary N) is 2. The topological polar surface area (TPSA) is 152 Å². The van der Waals surface area contributed by atoms with Gasteiger partial charge in [-0.15, -0.1) is 11.3 Å². The maximum Gasteiger partial charge on any atom is 0.224 e. The number of allylic oxidation sites excluding steroid dienone is 2. The van der Waals surface area contributed by atoms with E-state index in [1.165, 1.54) is 11.3 Å². The zero-order valence-corrected chi connectivity index (χ0v) is 23.3. The number of hydrogen-bond acceptors (Lipinski definition) is 12. The van der Waals surface area contributed by atoms with E-state index in [1.54, 1.807) is 6.20 Å². The average molecular weight is 563 g/mol. The van der Waals surface area contributed by atoms with Crippen LogP contribution in [0.2, 0.25) is 0 Å². The summed E-state index contributed by atoms with van der Waals surface area (Å²) in [6.45, 7) is 5.24. The van der Waals surface area contributed by atoms with Crippen LogP contribution in [0.25, 0.3) is 20.8 Å². The van der Waals surface area contributed by atoms with Crippen molar-refractivity contribution in [1.29, 1.82) is 0 Å². The monoisotopic (exact) mass is 562 g/mol. The highest BCUT2D eigenvalue weighted by molar-refractivity contribution is 7.21. The fraction of sp³-hybridized carbons (Fsp3) is 0.464. The maximum absolute atomic E-state index is 10.7. The SMILES string of the molecule is Cc1nc(NCC2C=CC(N3CCC=N3)=CC2)nc(N[C@@H]2C[C@H](CO)[C@@H](O)[C@H]2O)c1-c1nc2c(C)nccc2s1. The van der Waals surface area contributed by atoms with E-state index in [4.69, 9.17) is 15.0 Å². The van der Waals surface area contributed by atoms with Crippen LogP contribution < -0.4 is 10.6 Å². The Bertz CT molecular complexity index is 1490. The minimum absolute atomic E-state index is 0.196. The molecule has 0 aromatic carbocycles. The fourth-order valence-electron chi connectivity index (χ4n) is 5.53. The number of hydrazone groups is 1. The predicted molar refractivity (Wildman–Crippen MR) is 156 cm³/mol. The molecule has 3 aromatic heterocycles. The summed E-state index contributed by atoms with van der Waals surface area (Å²) in [6, 6.07) is 1.46. The van der Waals surface area contributed by atoms with Crippen LogP contribution in [0, 0.1) is 25.7 Å². The lowest BCUT2D eigenvalue weighted by atomic mass is 9.99. The fourth-order valence-corrected chi connectivity index (χ4v) is 6.64. The van der Waals surface area contributed by atoms with E-state index in [1.807, 2.05) is 31.1 Å². The normalized spacial score (nSPS) is 26.1. The largest absolute Gasteiger partial charge is 0.396 e. The first-order chi connectivity index (χ1) is 19.4. The molecule has 0 saturated heterocycles. The standard InChI is InChI=1S/C28H34N8O3S/c1-15-22(27-34-23-16(2)29-10-8-21(23)40-27)26(33-20-12-18(14-37)24(38)25(20)39)35-28(32-15)30-13-17-4-6-19(7-5-17)36-11-3-9-31-36/h4,6-10,17-18,20,24-25,37-39H,3,5,11-14H2,1-2H3,(H2,30,32,33,35)/t17?,18-,20-,24-,25+/m1/s1. The molecular formula is C28H34N8O3S. The first-order valence-corrected chi connectivity index (χ1v) is 14.5. The zero-order valence-electron chi connectivity index (χ0n) is 22.5. The van der Waals surface area contributed by atoms with E-state index in [0.29, 0.717) is 24.7 Å². The van der Waals surface area contributed by atoms with Gasteiger partial charge in [0.05, 0.1) is 39.5 Å². The van der Waals surface area contributed by atoms with Crippen molar-refractivity contribution < 1.29 is 15.3 Å².